The SMILES string of the molecule is COc1cc(C(Cc2cccc(Br)c2)NN)ncn1. The van der Waals surface area contributed by atoms with Crippen molar-refractivity contribution in [2.45, 2.75) is 12.5 Å². The number of aromatic nitrogens is 2. The summed E-state index contributed by atoms with van der Waals surface area (Å²) in [6.45, 7) is 0. The Labute approximate surface area is 120 Å². The number of nitrogens with one attached hydrogen (secondary N) is 1. The predicted molar refractivity (Wildman–Crippen MR) is 76.5 cm³/mol. The summed E-state index contributed by atoms with van der Waals surface area (Å²) in [6, 6.07) is 9.78. The highest BCUT2D eigenvalue weighted by molar-refractivity contribution is 9.10. The predicted octanol–water partition coefficient (Wildman–Crippen LogP) is 1.99. The maximum absolute atomic E-state index is 5.62. The van der Waals surface area contributed by atoms with Crippen molar-refractivity contribution in [1.82, 2.24) is 15.4 Å². The van der Waals surface area contributed by atoms with E-state index in [2.05, 4.69) is 37.4 Å². The van der Waals surface area contributed by atoms with Crippen LogP contribution in [0.5, 0.6) is 5.88 Å². The molecule has 0 saturated heterocycles. The smallest absolute Gasteiger partial charge is 0.216 e. The van der Waals surface area contributed by atoms with E-state index < -0.39 is 0 Å². The van der Waals surface area contributed by atoms with Gasteiger partial charge in [-0.25, -0.2) is 9.97 Å². The highest BCUT2D eigenvalue weighted by Gasteiger charge is 2.13. The molecule has 19 heavy (non-hydrogen) atoms. The molecule has 5 nitrogen and oxygen atoms in total. The van der Waals surface area contributed by atoms with Crippen LogP contribution in [0.4, 0.5) is 0 Å². The summed E-state index contributed by atoms with van der Waals surface area (Å²) in [6.07, 6.45) is 2.20. The molecule has 0 saturated carbocycles. The highest BCUT2D eigenvalue weighted by Crippen LogP contribution is 2.20. The van der Waals surface area contributed by atoms with Gasteiger partial charge in [0.2, 0.25) is 5.88 Å². The fourth-order valence-electron chi connectivity index (χ4n) is 1.80. The topological polar surface area (TPSA) is 73.1 Å². The second-order valence-corrected chi connectivity index (χ2v) is 4.95. The van der Waals surface area contributed by atoms with Crippen LogP contribution in [0.1, 0.15) is 17.3 Å². The summed E-state index contributed by atoms with van der Waals surface area (Å²) in [4.78, 5) is 8.22. The second kappa shape index (κ2) is 6.60. The van der Waals surface area contributed by atoms with Gasteiger partial charge in [-0.3, -0.25) is 11.3 Å². The molecule has 100 valence electrons. The Hall–Kier alpha value is -1.50. The van der Waals surface area contributed by atoms with Crippen LogP contribution in [-0.2, 0) is 6.42 Å². The number of hydrogen-bond donors (Lipinski definition) is 2. The average molecular weight is 323 g/mol. The molecule has 0 spiro atoms. The summed E-state index contributed by atoms with van der Waals surface area (Å²) in [5.74, 6) is 6.15. The number of nitrogens with two attached hydrogens (primary N) is 1. The van der Waals surface area contributed by atoms with Crippen LogP contribution in [0.3, 0.4) is 0 Å². The van der Waals surface area contributed by atoms with Crippen molar-refractivity contribution in [2.24, 2.45) is 5.84 Å². The molecule has 0 fully saturated rings. The van der Waals surface area contributed by atoms with Crippen LogP contribution >= 0.6 is 15.9 Å². The first-order chi connectivity index (χ1) is 9.22. The van der Waals surface area contributed by atoms with Crippen LogP contribution < -0.4 is 16.0 Å². The van der Waals surface area contributed by atoms with E-state index in [4.69, 9.17) is 10.6 Å². The lowest BCUT2D eigenvalue weighted by Crippen LogP contribution is -2.30. The van der Waals surface area contributed by atoms with Gasteiger partial charge in [0.25, 0.3) is 0 Å². The second-order valence-electron chi connectivity index (χ2n) is 4.04. The lowest BCUT2D eigenvalue weighted by Gasteiger charge is -2.15. The number of benzene rings is 1. The van der Waals surface area contributed by atoms with Gasteiger partial charge in [-0.1, -0.05) is 28.1 Å². The molecule has 1 heterocycles. The van der Waals surface area contributed by atoms with E-state index in [-0.39, 0.29) is 6.04 Å². The van der Waals surface area contributed by atoms with E-state index >= 15 is 0 Å². The van der Waals surface area contributed by atoms with E-state index in [0.717, 1.165) is 22.2 Å². The van der Waals surface area contributed by atoms with Gasteiger partial charge in [0, 0.05) is 10.5 Å². The Balaban J connectivity index is 2.19. The first kappa shape index (κ1) is 13.9. The molecule has 0 aliphatic rings. The first-order valence-electron chi connectivity index (χ1n) is 5.79. The number of nitrogens with zero attached hydrogens (tertiary/aromatic N) is 2. The Morgan fingerprint density at radius 2 is 2.21 bits per heavy atom. The third-order valence-corrected chi connectivity index (χ3v) is 3.25. The minimum absolute atomic E-state index is 0.0915. The van der Waals surface area contributed by atoms with E-state index in [1.165, 1.54) is 6.33 Å². The Morgan fingerprint density at radius 1 is 1.37 bits per heavy atom. The van der Waals surface area contributed by atoms with E-state index in [9.17, 15) is 0 Å². The van der Waals surface area contributed by atoms with Gasteiger partial charge in [0.15, 0.2) is 0 Å². The third-order valence-electron chi connectivity index (χ3n) is 2.76. The molecule has 6 heteroatoms. The Kier molecular flexibility index (Phi) is 4.84. The van der Waals surface area contributed by atoms with Gasteiger partial charge in [-0.15, -0.1) is 0 Å². The number of methoxy groups -OCH3 is 1. The molecule has 1 aromatic heterocycles. The molecule has 1 atom stereocenters. The first-order valence-corrected chi connectivity index (χ1v) is 6.58. The van der Waals surface area contributed by atoms with E-state index in [1.54, 1.807) is 13.2 Å². The molecule has 2 rings (SSSR count). The quantitative estimate of drug-likeness (QED) is 0.650. The molecule has 0 amide bonds. The average Bonchev–Trinajstić information content (AvgIpc) is 2.45. The van der Waals surface area contributed by atoms with E-state index in [1.807, 2.05) is 18.2 Å². The minimum Gasteiger partial charge on any atom is -0.481 e. The van der Waals surface area contributed by atoms with Crippen molar-refractivity contribution in [3.63, 3.8) is 0 Å². The Morgan fingerprint density at radius 3 is 2.89 bits per heavy atom. The summed E-state index contributed by atoms with van der Waals surface area (Å²) >= 11 is 3.46. The summed E-state index contributed by atoms with van der Waals surface area (Å²) in [5, 5.41) is 0. The number of ether oxygens (including phenoxy) is 1. The normalized spacial score (nSPS) is 12.2. The zero-order chi connectivity index (χ0) is 13.7. The summed E-state index contributed by atoms with van der Waals surface area (Å²) in [5.41, 5.74) is 4.74. The number of hydrogen-bond acceptors (Lipinski definition) is 5. The molecule has 0 radical (unpaired) electrons. The minimum atomic E-state index is -0.0915. The van der Waals surface area contributed by atoms with Crippen molar-refractivity contribution in [1.29, 1.82) is 0 Å². The van der Waals surface area contributed by atoms with Crippen molar-refractivity contribution in [2.75, 3.05) is 7.11 Å². The van der Waals surface area contributed by atoms with Crippen LogP contribution in [0, 0.1) is 0 Å². The Bertz CT molecular complexity index is 550. The van der Waals surface area contributed by atoms with E-state index in [0.29, 0.717) is 5.88 Å². The fourth-order valence-corrected chi connectivity index (χ4v) is 2.25. The van der Waals surface area contributed by atoms with Crippen molar-refractivity contribution in [3.8, 4) is 5.88 Å². The maximum Gasteiger partial charge on any atom is 0.216 e. The van der Waals surface area contributed by atoms with Gasteiger partial charge in [-0.05, 0) is 24.1 Å². The maximum atomic E-state index is 5.62. The number of rotatable bonds is 5. The monoisotopic (exact) mass is 322 g/mol. The van der Waals surface area contributed by atoms with Gasteiger partial charge < -0.3 is 4.74 Å². The summed E-state index contributed by atoms with van der Waals surface area (Å²) in [7, 11) is 1.57. The van der Waals surface area contributed by atoms with Crippen LogP contribution in [0.2, 0.25) is 0 Å². The number of halogens is 1. The molecule has 0 aliphatic carbocycles. The lowest BCUT2D eigenvalue weighted by molar-refractivity contribution is 0.393. The molecule has 0 aliphatic heterocycles. The van der Waals surface area contributed by atoms with Gasteiger partial charge in [-0.2, -0.15) is 0 Å². The van der Waals surface area contributed by atoms with Gasteiger partial charge in [0.1, 0.15) is 6.33 Å². The molecule has 2 aromatic rings. The highest BCUT2D eigenvalue weighted by atomic mass is 79.9. The summed E-state index contributed by atoms with van der Waals surface area (Å²) < 4.78 is 6.13. The van der Waals surface area contributed by atoms with Gasteiger partial charge in [0.05, 0.1) is 18.8 Å². The largest absolute Gasteiger partial charge is 0.481 e. The molecular formula is C13H15BrN4O. The standard InChI is InChI=1S/C13H15BrN4O/c1-19-13-7-11(16-8-17-13)12(18-15)6-9-3-2-4-10(14)5-9/h2-5,7-8,12,18H,6,15H2,1H3. The zero-order valence-electron chi connectivity index (χ0n) is 10.5. The molecule has 0 bridgehead atoms. The third kappa shape index (κ3) is 3.73. The molecule has 1 aromatic carbocycles. The van der Waals surface area contributed by atoms with Crippen LogP contribution in [0.25, 0.3) is 0 Å². The van der Waals surface area contributed by atoms with Crippen LogP contribution in [-0.4, -0.2) is 17.1 Å². The zero-order valence-corrected chi connectivity index (χ0v) is 12.1. The van der Waals surface area contributed by atoms with Crippen molar-refractivity contribution in [3.05, 3.63) is 52.4 Å². The van der Waals surface area contributed by atoms with Gasteiger partial charge >= 0.3 is 0 Å². The number of hydrazine groups is 1. The molecular weight excluding hydrogens is 308 g/mol. The van der Waals surface area contributed by atoms with Crippen molar-refractivity contribution >= 4 is 15.9 Å². The van der Waals surface area contributed by atoms with Crippen molar-refractivity contribution < 1.29 is 4.74 Å². The molecule has 1 unspecified atom stereocenters. The fraction of sp³-hybridized carbons (Fsp3) is 0.231. The molecule has 3 N–H and O–H groups in total. The lowest BCUT2D eigenvalue weighted by atomic mass is 10.0. The van der Waals surface area contributed by atoms with Crippen LogP contribution in [0.15, 0.2) is 41.1 Å².